The maximum Gasteiger partial charge on any atom is 0.335 e. The molecule has 1 heterocycles. The van der Waals surface area contributed by atoms with E-state index in [9.17, 15) is 14.7 Å². The van der Waals surface area contributed by atoms with Gasteiger partial charge in [-0.3, -0.25) is 4.79 Å². The first-order valence-corrected chi connectivity index (χ1v) is 15.2. The molecule has 0 aromatic heterocycles. The molecule has 1 unspecified atom stereocenters. The quantitative estimate of drug-likeness (QED) is 0.443. The molecule has 0 amide bonds. The van der Waals surface area contributed by atoms with Crippen LogP contribution in [0, 0.1) is 45.3 Å². The topological polar surface area (TPSA) is 72.8 Å². The Balaban J connectivity index is 1.43. The summed E-state index contributed by atoms with van der Waals surface area (Å²) in [6, 6.07) is 0. The van der Waals surface area contributed by atoms with Crippen LogP contribution in [0.1, 0.15) is 112 Å². The van der Waals surface area contributed by atoms with Gasteiger partial charge in [0.1, 0.15) is 12.2 Å². The molecular weight excluding hydrogens is 464 g/mol. The lowest BCUT2D eigenvalue weighted by atomic mass is 9.35. The second-order valence-electron chi connectivity index (χ2n) is 14.6. The number of aliphatic hydroxyl groups is 1. The average Bonchev–Trinajstić information content (AvgIpc) is 3.35. The molecule has 0 bridgehead atoms. The predicted molar refractivity (Wildman–Crippen MR) is 141 cm³/mol. The van der Waals surface area contributed by atoms with Gasteiger partial charge in [0, 0.05) is 11.0 Å². The Bertz CT molecular complexity index is 1030. The van der Waals surface area contributed by atoms with Gasteiger partial charge in [-0.15, -0.1) is 0 Å². The Morgan fingerprint density at radius 3 is 2.46 bits per heavy atom. The van der Waals surface area contributed by atoms with Crippen LogP contribution >= 0.6 is 0 Å². The molecule has 206 valence electrons. The number of carbonyl (C=O) groups is 2. The highest BCUT2D eigenvalue weighted by molar-refractivity contribution is 5.94. The van der Waals surface area contributed by atoms with Gasteiger partial charge in [-0.1, -0.05) is 41.0 Å². The maximum absolute atomic E-state index is 13.4. The van der Waals surface area contributed by atoms with E-state index in [4.69, 9.17) is 9.47 Å². The van der Waals surface area contributed by atoms with Crippen LogP contribution < -0.4 is 0 Å². The average molecular weight is 513 g/mol. The van der Waals surface area contributed by atoms with Crippen LogP contribution in [0.15, 0.2) is 11.1 Å². The molecule has 0 aromatic carbocycles. The zero-order valence-electron chi connectivity index (χ0n) is 23.9. The fourth-order valence-electron chi connectivity index (χ4n) is 11.4. The SMILES string of the molecule is CCC(O)CC(=O)O[C@H]1C[C@@H]2[C@@]3(C)CCC[C@@]4(C[C@@H]4C)[C@@H]3CC[C@@]2(C)[C@@H]2CCC3=C(C(=O)O[C@@H]3C)[C@@]12C. The van der Waals surface area contributed by atoms with E-state index in [2.05, 4.69) is 27.7 Å². The van der Waals surface area contributed by atoms with E-state index in [1.807, 2.05) is 13.8 Å². The van der Waals surface area contributed by atoms with Crippen molar-refractivity contribution in [2.45, 2.75) is 130 Å². The summed E-state index contributed by atoms with van der Waals surface area (Å²) in [6.07, 6.45) is 9.87. The van der Waals surface area contributed by atoms with Crippen molar-refractivity contribution in [2.24, 2.45) is 45.3 Å². The van der Waals surface area contributed by atoms with Gasteiger partial charge in [-0.2, -0.15) is 0 Å². The van der Waals surface area contributed by atoms with E-state index < -0.39 is 11.5 Å². The minimum Gasteiger partial charge on any atom is -0.461 e. The molecule has 0 radical (unpaired) electrons. The molecule has 4 fully saturated rings. The van der Waals surface area contributed by atoms with E-state index >= 15 is 0 Å². The molecular formula is C32H48O5. The van der Waals surface area contributed by atoms with Crippen LogP contribution in [0.5, 0.6) is 0 Å². The molecule has 11 atom stereocenters. The Labute approximate surface area is 223 Å². The van der Waals surface area contributed by atoms with Crippen molar-refractivity contribution in [3.05, 3.63) is 11.1 Å². The summed E-state index contributed by atoms with van der Waals surface area (Å²) in [5.74, 6) is 1.79. The van der Waals surface area contributed by atoms with Crippen LogP contribution in [0.2, 0.25) is 0 Å². The van der Waals surface area contributed by atoms with Gasteiger partial charge in [0.15, 0.2) is 0 Å². The van der Waals surface area contributed by atoms with E-state index in [0.29, 0.717) is 17.8 Å². The largest absolute Gasteiger partial charge is 0.461 e. The van der Waals surface area contributed by atoms with Crippen molar-refractivity contribution in [1.29, 1.82) is 0 Å². The minimum absolute atomic E-state index is 0.0168. The molecule has 5 heteroatoms. The zero-order valence-corrected chi connectivity index (χ0v) is 23.9. The summed E-state index contributed by atoms with van der Waals surface area (Å²) in [5.41, 5.74) is 2.27. The summed E-state index contributed by atoms with van der Waals surface area (Å²) in [6.45, 7) is 13.6. The fourth-order valence-corrected chi connectivity index (χ4v) is 11.4. The van der Waals surface area contributed by atoms with Crippen LogP contribution in [0.3, 0.4) is 0 Å². The fraction of sp³-hybridized carbons (Fsp3) is 0.875. The molecule has 6 aliphatic rings. The number of carbonyl (C=O) groups excluding carboxylic acids is 2. The first-order chi connectivity index (χ1) is 17.4. The molecule has 1 aliphatic heterocycles. The Hall–Kier alpha value is -1.36. The summed E-state index contributed by atoms with van der Waals surface area (Å²) < 4.78 is 12.2. The van der Waals surface area contributed by atoms with Gasteiger partial charge in [0.2, 0.25) is 0 Å². The highest BCUT2D eigenvalue weighted by Crippen LogP contribution is 2.78. The van der Waals surface area contributed by atoms with Gasteiger partial charge in [0.25, 0.3) is 0 Å². The van der Waals surface area contributed by atoms with E-state index in [0.717, 1.165) is 42.2 Å². The van der Waals surface area contributed by atoms with Crippen molar-refractivity contribution >= 4 is 11.9 Å². The zero-order chi connectivity index (χ0) is 26.5. The number of hydrogen-bond acceptors (Lipinski definition) is 5. The van der Waals surface area contributed by atoms with Gasteiger partial charge < -0.3 is 14.6 Å². The van der Waals surface area contributed by atoms with Crippen LogP contribution in [0.25, 0.3) is 0 Å². The molecule has 1 N–H and O–H groups in total. The lowest BCUT2D eigenvalue weighted by molar-refractivity contribution is -0.223. The van der Waals surface area contributed by atoms with Gasteiger partial charge >= 0.3 is 11.9 Å². The van der Waals surface area contributed by atoms with Gasteiger partial charge in [0.05, 0.1) is 12.5 Å². The van der Waals surface area contributed by atoms with Crippen molar-refractivity contribution in [1.82, 2.24) is 0 Å². The lowest BCUT2D eigenvalue weighted by Gasteiger charge is -2.69. The third-order valence-corrected chi connectivity index (χ3v) is 13.2. The highest BCUT2D eigenvalue weighted by Gasteiger charge is 2.72. The Morgan fingerprint density at radius 1 is 1.08 bits per heavy atom. The number of aliphatic hydroxyl groups excluding tert-OH is 1. The highest BCUT2D eigenvalue weighted by atomic mass is 16.6. The summed E-state index contributed by atoms with van der Waals surface area (Å²) in [5, 5.41) is 10.2. The number of ether oxygens (including phenoxy) is 2. The van der Waals surface area contributed by atoms with Crippen molar-refractivity contribution in [3.8, 4) is 0 Å². The van der Waals surface area contributed by atoms with Crippen LogP contribution in [-0.2, 0) is 19.1 Å². The monoisotopic (exact) mass is 512 g/mol. The summed E-state index contributed by atoms with van der Waals surface area (Å²) >= 11 is 0. The number of rotatable bonds is 4. The number of fused-ring (bicyclic) bond motifs is 7. The van der Waals surface area contributed by atoms with E-state index in [1.165, 1.54) is 38.5 Å². The number of esters is 2. The van der Waals surface area contributed by atoms with E-state index in [-0.39, 0.29) is 47.3 Å². The van der Waals surface area contributed by atoms with Gasteiger partial charge in [-0.25, -0.2) is 4.79 Å². The molecule has 0 aromatic rings. The molecule has 5 aliphatic carbocycles. The second-order valence-corrected chi connectivity index (χ2v) is 14.6. The normalized spacial score (nSPS) is 50.9. The van der Waals surface area contributed by atoms with Gasteiger partial charge in [-0.05, 0) is 110 Å². The van der Waals surface area contributed by atoms with Crippen molar-refractivity contribution in [2.75, 3.05) is 0 Å². The standard InChI is InChI=1S/C32H48O5/c1-7-20(33)15-26(34)37-25-16-24-29(4)12-8-13-32(17-18(32)2)23(29)11-14-30(24,5)22-10-9-21-19(3)36-28(35)27(21)31(22,25)6/h18-20,22-25,33H,7-17H2,1-6H3/t18-,19+,20?,22-,23+,24+,25-,29-,30-,31+,32-/m0/s1. The third kappa shape index (κ3) is 3.37. The molecule has 37 heavy (non-hydrogen) atoms. The Kier molecular flexibility index (Phi) is 5.82. The number of hydrogen-bond donors (Lipinski definition) is 1. The van der Waals surface area contributed by atoms with Crippen LogP contribution in [-0.4, -0.2) is 35.4 Å². The maximum atomic E-state index is 13.4. The molecule has 4 saturated carbocycles. The molecule has 5 nitrogen and oxygen atoms in total. The predicted octanol–water partition coefficient (Wildman–Crippen LogP) is 6.37. The minimum atomic E-state index is -0.686. The molecule has 1 spiro atoms. The Morgan fingerprint density at radius 2 is 1.78 bits per heavy atom. The summed E-state index contributed by atoms with van der Waals surface area (Å²) in [4.78, 5) is 26.5. The second kappa shape index (κ2) is 8.32. The first kappa shape index (κ1) is 25.9. The molecule has 0 saturated heterocycles. The van der Waals surface area contributed by atoms with Crippen molar-refractivity contribution < 1.29 is 24.2 Å². The van der Waals surface area contributed by atoms with Crippen molar-refractivity contribution in [3.63, 3.8) is 0 Å². The third-order valence-electron chi connectivity index (χ3n) is 13.2. The van der Waals surface area contributed by atoms with E-state index in [1.54, 1.807) is 0 Å². The lowest BCUT2D eigenvalue weighted by Crippen LogP contribution is -2.65. The molecule has 6 rings (SSSR count). The smallest absolute Gasteiger partial charge is 0.335 e. The van der Waals surface area contributed by atoms with Crippen LogP contribution in [0.4, 0.5) is 0 Å². The summed E-state index contributed by atoms with van der Waals surface area (Å²) in [7, 11) is 0. The first-order valence-electron chi connectivity index (χ1n) is 15.2. The number of cyclic esters (lactones) is 1.